The zero-order valence-corrected chi connectivity index (χ0v) is 32.5. The Bertz CT molecular complexity index is 1980. The minimum absolute atomic E-state index is 0.0981. The summed E-state index contributed by atoms with van der Waals surface area (Å²) in [5.41, 5.74) is 3.50. The largest absolute Gasteiger partial charge is 0.381 e. The highest BCUT2D eigenvalue weighted by Crippen LogP contribution is 2.38. The number of carbonyl (C=O) groups excluding carboxylic acids is 5. The molecule has 0 saturated heterocycles. The smallest absolute Gasteiger partial charge is 0.326 e. The maximum absolute atomic E-state index is 14.1. The first-order valence-corrected chi connectivity index (χ1v) is 19.1. The lowest BCUT2D eigenvalue weighted by atomic mass is 9.87. The Morgan fingerprint density at radius 3 is 2.04 bits per heavy atom. The highest BCUT2D eigenvalue weighted by Gasteiger charge is 2.40. The summed E-state index contributed by atoms with van der Waals surface area (Å²) in [7, 11) is 0. The molecule has 0 bridgehead atoms. The van der Waals surface area contributed by atoms with Crippen molar-refractivity contribution in [1.82, 2.24) is 36.6 Å². The van der Waals surface area contributed by atoms with Gasteiger partial charge in [-0.15, -0.1) is 0 Å². The lowest BCUT2D eigenvalue weighted by Crippen LogP contribution is -2.61. The van der Waals surface area contributed by atoms with Crippen LogP contribution in [0.4, 0.5) is 4.39 Å². The first-order chi connectivity index (χ1) is 27.0. The second-order valence-electron chi connectivity index (χ2n) is 15.2. The molecular weight excluding hydrogens is 739 g/mol. The predicted octanol–water partition coefficient (Wildman–Crippen LogP) is 0.605. The topological polar surface area (TPSA) is 257 Å². The first kappa shape index (κ1) is 44.0. The first-order valence-electron chi connectivity index (χ1n) is 19.1. The molecule has 5 amide bonds. The molecule has 0 aliphatic heterocycles. The Balaban J connectivity index is 1.47. The van der Waals surface area contributed by atoms with Crippen LogP contribution in [0.25, 0.3) is 0 Å². The summed E-state index contributed by atoms with van der Waals surface area (Å²) in [5.74, 6) is -6.24. The van der Waals surface area contributed by atoms with E-state index in [0.29, 0.717) is 12.8 Å². The highest BCUT2D eigenvalue weighted by molar-refractivity contribution is 5.95. The Labute approximate surface area is 329 Å². The van der Waals surface area contributed by atoms with Crippen LogP contribution in [0.15, 0.2) is 70.3 Å². The van der Waals surface area contributed by atoms with Gasteiger partial charge in [-0.2, -0.15) is 4.39 Å². The number of benzene rings is 2. The van der Waals surface area contributed by atoms with Crippen LogP contribution in [0, 0.1) is 17.7 Å². The monoisotopic (exact) mass is 792 g/mol. The van der Waals surface area contributed by atoms with Crippen LogP contribution < -0.4 is 43.6 Å². The molecule has 10 N–H and O–H groups in total. The summed E-state index contributed by atoms with van der Waals surface area (Å²) in [6.07, 6.45) is 1.79. The summed E-state index contributed by atoms with van der Waals surface area (Å²) in [6.45, 7) is 6.44. The normalized spacial score (nSPS) is 16.2. The number of hydrogen-bond donors (Lipinski definition) is 9. The van der Waals surface area contributed by atoms with Gasteiger partial charge < -0.3 is 42.4 Å². The quantitative estimate of drug-likeness (QED) is 0.0873. The molecule has 1 aliphatic rings. The Hall–Kier alpha value is -5.68. The lowest BCUT2D eigenvalue weighted by molar-refractivity contribution is -0.136. The van der Waals surface area contributed by atoms with E-state index in [1.54, 1.807) is 31.0 Å². The molecule has 308 valence electrons. The summed E-state index contributed by atoms with van der Waals surface area (Å²) in [4.78, 5) is 93.6. The van der Waals surface area contributed by atoms with Gasteiger partial charge in [-0.25, -0.2) is 4.79 Å². The molecule has 17 heteroatoms. The highest BCUT2D eigenvalue weighted by atomic mass is 19.1. The molecular formula is C40H53FN8O8. The van der Waals surface area contributed by atoms with Gasteiger partial charge in [0.2, 0.25) is 23.5 Å². The summed E-state index contributed by atoms with van der Waals surface area (Å²) < 4.78 is 14.1. The number of aliphatic hydroxyl groups excluding tert-OH is 1. The van der Waals surface area contributed by atoms with Gasteiger partial charge in [-0.05, 0) is 48.6 Å². The standard InChI is InChI=1S/C40H53FN8O8/c1-22(2)19-28(45-37(55)30(23(3)4)46-33(51)26(42)21-43-36(54)31-29(41)35(53)48-39(57)47-31)34(52)44-27(20-24-13-7-5-8-14-24)32(50)38(56)49-40(17-11-12-18-40)25-15-9-6-10-16-25/h5-10,13-16,22-23,26-28,30,32,50H,11-12,17-21,42H2,1-4H3,(H,43,54)(H,44,52)(H,45,55)(H,46,51)(H,49,56)(H2,47,48,53,57)/t26-,27-,28-,30-,32+/m0/s1. The van der Waals surface area contributed by atoms with E-state index in [1.807, 2.05) is 67.4 Å². The van der Waals surface area contributed by atoms with Crippen molar-refractivity contribution >= 4 is 29.5 Å². The van der Waals surface area contributed by atoms with Crippen molar-refractivity contribution in [2.24, 2.45) is 17.6 Å². The zero-order chi connectivity index (χ0) is 41.9. The molecule has 16 nitrogen and oxygen atoms in total. The van der Waals surface area contributed by atoms with E-state index in [4.69, 9.17) is 5.73 Å². The fourth-order valence-electron chi connectivity index (χ4n) is 6.88. The molecule has 1 aliphatic carbocycles. The third-order valence-electron chi connectivity index (χ3n) is 9.94. The number of hydrogen-bond acceptors (Lipinski definition) is 9. The summed E-state index contributed by atoms with van der Waals surface area (Å²) >= 11 is 0. The summed E-state index contributed by atoms with van der Waals surface area (Å²) in [6, 6.07) is 13.7. The molecule has 1 heterocycles. The van der Waals surface area contributed by atoms with Crippen molar-refractivity contribution in [1.29, 1.82) is 0 Å². The molecule has 3 aromatic rings. The second-order valence-corrected chi connectivity index (χ2v) is 15.2. The SMILES string of the molecule is CC(C)C[C@H](NC(=O)[C@@H](NC(=O)[C@@H](N)CNC(=O)c1[nH]c(=O)[nH]c(=O)c1F)C(C)C)C(=O)N[C@@H](Cc1ccccc1)[C@@H](O)C(=O)NC1(c2ccccc2)CCCC1. The number of carbonyl (C=O) groups is 5. The minimum atomic E-state index is -1.66. The van der Waals surface area contributed by atoms with Gasteiger partial charge in [0.25, 0.3) is 17.4 Å². The second kappa shape index (κ2) is 20.0. The van der Waals surface area contributed by atoms with Crippen LogP contribution in [-0.4, -0.2) is 81.4 Å². The van der Waals surface area contributed by atoms with E-state index in [0.717, 1.165) is 24.0 Å². The molecule has 1 aromatic heterocycles. The van der Waals surface area contributed by atoms with Gasteiger partial charge in [0.1, 0.15) is 23.8 Å². The zero-order valence-electron chi connectivity index (χ0n) is 32.5. The van der Waals surface area contributed by atoms with Gasteiger partial charge in [-0.3, -0.25) is 33.8 Å². The fraction of sp³-hybridized carbons (Fsp3) is 0.475. The average molecular weight is 793 g/mol. The Kier molecular flexibility index (Phi) is 15.4. The van der Waals surface area contributed by atoms with Gasteiger partial charge >= 0.3 is 5.69 Å². The van der Waals surface area contributed by atoms with Gasteiger partial charge in [0.05, 0.1) is 11.6 Å². The van der Waals surface area contributed by atoms with Gasteiger partial charge in [0, 0.05) is 6.54 Å². The van der Waals surface area contributed by atoms with Crippen molar-refractivity contribution in [2.75, 3.05) is 6.54 Å². The van der Waals surface area contributed by atoms with E-state index in [2.05, 4.69) is 26.6 Å². The van der Waals surface area contributed by atoms with Crippen LogP contribution in [0.1, 0.15) is 81.4 Å². The van der Waals surface area contributed by atoms with Crippen LogP contribution >= 0.6 is 0 Å². The number of aromatic amines is 2. The third kappa shape index (κ3) is 11.9. The number of amides is 5. The van der Waals surface area contributed by atoms with Crippen molar-refractivity contribution < 1.29 is 33.5 Å². The average Bonchev–Trinajstić information content (AvgIpc) is 3.66. The van der Waals surface area contributed by atoms with Crippen LogP contribution in [0.3, 0.4) is 0 Å². The van der Waals surface area contributed by atoms with E-state index in [1.165, 1.54) is 0 Å². The molecule has 1 saturated carbocycles. The minimum Gasteiger partial charge on any atom is -0.381 e. The van der Waals surface area contributed by atoms with E-state index < -0.39 is 101 Å². The lowest BCUT2D eigenvalue weighted by Gasteiger charge is -2.34. The molecule has 5 atom stereocenters. The van der Waals surface area contributed by atoms with Crippen molar-refractivity contribution in [3.8, 4) is 0 Å². The number of aromatic nitrogens is 2. The molecule has 0 spiro atoms. The molecule has 0 radical (unpaired) electrons. The number of halogens is 1. The number of rotatable bonds is 18. The predicted molar refractivity (Wildman–Crippen MR) is 209 cm³/mol. The van der Waals surface area contributed by atoms with Crippen molar-refractivity contribution in [3.63, 3.8) is 0 Å². The third-order valence-corrected chi connectivity index (χ3v) is 9.94. The van der Waals surface area contributed by atoms with Crippen molar-refractivity contribution in [3.05, 3.63) is 104 Å². The van der Waals surface area contributed by atoms with E-state index >= 15 is 0 Å². The van der Waals surface area contributed by atoms with E-state index in [9.17, 15) is 43.1 Å². The van der Waals surface area contributed by atoms with Gasteiger partial charge in [0.15, 0.2) is 6.10 Å². The Morgan fingerprint density at radius 2 is 1.44 bits per heavy atom. The van der Waals surface area contributed by atoms with Crippen LogP contribution in [0.2, 0.25) is 0 Å². The number of H-pyrrole nitrogens is 2. The number of nitrogens with two attached hydrogens (primary N) is 1. The maximum atomic E-state index is 14.1. The molecule has 57 heavy (non-hydrogen) atoms. The van der Waals surface area contributed by atoms with Crippen LogP contribution in [0.5, 0.6) is 0 Å². The molecule has 4 rings (SSSR count). The van der Waals surface area contributed by atoms with Crippen molar-refractivity contribution in [2.45, 2.75) is 102 Å². The van der Waals surface area contributed by atoms with Gasteiger partial charge in [-0.1, -0.05) is 101 Å². The fourth-order valence-corrected chi connectivity index (χ4v) is 6.88. The Morgan fingerprint density at radius 1 is 0.825 bits per heavy atom. The molecule has 0 unspecified atom stereocenters. The number of nitrogens with one attached hydrogen (secondary N) is 7. The van der Waals surface area contributed by atoms with Crippen LogP contribution in [-0.2, 0) is 31.1 Å². The molecule has 2 aromatic carbocycles. The van der Waals surface area contributed by atoms with E-state index in [-0.39, 0.29) is 18.8 Å². The maximum Gasteiger partial charge on any atom is 0.326 e. The number of aliphatic hydroxyl groups is 1. The molecule has 1 fully saturated rings. The summed E-state index contributed by atoms with van der Waals surface area (Å²) in [5, 5.41) is 24.9.